The van der Waals surface area contributed by atoms with Crippen LogP contribution in [0.2, 0.25) is 10.0 Å². The van der Waals surface area contributed by atoms with Gasteiger partial charge in [-0.1, -0.05) is 29.6 Å². The van der Waals surface area contributed by atoms with Crippen molar-refractivity contribution in [3.63, 3.8) is 0 Å². The summed E-state index contributed by atoms with van der Waals surface area (Å²) in [6.45, 7) is 0.302. The lowest BCUT2D eigenvalue weighted by Gasteiger charge is -2.15. The van der Waals surface area contributed by atoms with Crippen molar-refractivity contribution in [1.29, 1.82) is 0 Å². The maximum atomic E-state index is 12.1. The number of nitro groups is 1. The number of halogens is 2. The van der Waals surface area contributed by atoms with Crippen LogP contribution in [0.15, 0.2) is 12.1 Å². The van der Waals surface area contributed by atoms with Crippen LogP contribution in [-0.4, -0.2) is 28.6 Å². The van der Waals surface area contributed by atoms with Gasteiger partial charge in [0.15, 0.2) is 0 Å². The van der Waals surface area contributed by atoms with Crippen molar-refractivity contribution in [2.24, 2.45) is 5.92 Å². The molecule has 0 saturated heterocycles. The summed E-state index contributed by atoms with van der Waals surface area (Å²) in [6, 6.07) is 2.19. The lowest BCUT2D eigenvalue weighted by Crippen LogP contribution is -2.32. The molecule has 21 heavy (non-hydrogen) atoms. The monoisotopic (exact) mass is 332 g/mol. The molecule has 2 atom stereocenters. The number of aliphatic hydroxyl groups excluding tert-OH is 1. The summed E-state index contributed by atoms with van der Waals surface area (Å²) < 4.78 is 0. The number of non-ortho nitro benzene ring substituents is 1. The minimum Gasteiger partial charge on any atom is -0.393 e. The molecule has 0 aromatic heterocycles. The molecule has 0 heterocycles. The summed E-state index contributed by atoms with van der Waals surface area (Å²) in [5, 5.41) is 23.1. The highest BCUT2D eigenvalue weighted by molar-refractivity contribution is 6.44. The van der Waals surface area contributed by atoms with E-state index in [0.29, 0.717) is 6.54 Å². The molecule has 1 aromatic carbocycles. The van der Waals surface area contributed by atoms with Gasteiger partial charge in [0.25, 0.3) is 11.6 Å². The average Bonchev–Trinajstić information content (AvgIpc) is 2.84. The molecule has 1 aromatic rings. The molecular weight excluding hydrogens is 319 g/mol. The van der Waals surface area contributed by atoms with Crippen molar-refractivity contribution in [2.75, 3.05) is 6.54 Å². The number of amides is 1. The second-order valence-corrected chi connectivity index (χ2v) is 5.80. The lowest BCUT2D eigenvalue weighted by atomic mass is 10.1. The van der Waals surface area contributed by atoms with E-state index in [1.165, 1.54) is 0 Å². The summed E-state index contributed by atoms with van der Waals surface area (Å²) in [7, 11) is 0. The number of carbonyl (C=O) groups is 1. The zero-order chi connectivity index (χ0) is 15.6. The van der Waals surface area contributed by atoms with E-state index in [2.05, 4.69) is 5.32 Å². The van der Waals surface area contributed by atoms with Crippen LogP contribution in [0.5, 0.6) is 0 Å². The van der Waals surface area contributed by atoms with E-state index >= 15 is 0 Å². The van der Waals surface area contributed by atoms with Gasteiger partial charge in [0.1, 0.15) is 0 Å². The average molecular weight is 333 g/mol. The molecular formula is C13H14Cl2N2O4. The van der Waals surface area contributed by atoms with Gasteiger partial charge in [-0.25, -0.2) is 0 Å². The third-order valence-corrected chi connectivity index (χ3v) is 4.41. The van der Waals surface area contributed by atoms with Crippen LogP contribution in [0, 0.1) is 16.0 Å². The number of benzene rings is 1. The molecule has 2 unspecified atom stereocenters. The maximum Gasteiger partial charge on any atom is 0.271 e. The third kappa shape index (κ3) is 3.64. The van der Waals surface area contributed by atoms with Crippen molar-refractivity contribution in [2.45, 2.75) is 25.4 Å². The predicted molar refractivity (Wildman–Crippen MR) is 78.8 cm³/mol. The molecule has 0 radical (unpaired) electrons. The molecule has 114 valence electrons. The molecule has 2 N–H and O–H groups in total. The van der Waals surface area contributed by atoms with E-state index in [4.69, 9.17) is 23.2 Å². The molecule has 6 nitrogen and oxygen atoms in total. The topological polar surface area (TPSA) is 92.5 Å². The predicted octanol–water partition coefficient (Wildman–Crippen LogP) is 2.79. The first-order valence-electron chi connectivity index (χ1n) is 6.50. The number of rotatable bonds is 4. The number of hydrogen-bond acceptors (Lipinski definition) is 4. The van der Waals surface area contributed by atoms with Gasteiger partial charge in [0.05, 0.1) is 26.6 Å². The van der Waals surface area contributed by atoms with Gasteiger partial charge in [0.2, 0.25) is 0 Å². The summed E-state index contributed by atoms with van der Waals surface area (Å²) in [6.07, 6.45) is 2.06. The molecule has 0 spiro atoms. The smallest absolute Gasteiger partial charge is 0.271 e. The number of hydrogen-bond donors (Lipinski definition) is 2. The highest BCUT2D eigenvalue weighted by atomic mass is 35.5. The van der Waals surface area contributed by atoms with Crippen molar-refractivity contribution >= 4 is 34.8 Å². The Morgan fingerprint density at radius 3 is 2.71 bits per heavy atom. The minimum atomic E-state index is -0.639. The number of nitrogens with one attached hydrogen (secondary N) is 1. The third-order valence-electron chi connectivity index (χ3n) is 3.61. The molecule has 2 rings (SSSR count). The fourth-order valence-corrected chi connectivity index (χ4v) is 2.83. The first-order valence-corrected chi connectivity index (χ1v) is 7.25. The van der Waals surface area contributed by atoms with E-state index in [0.717, 1.165) is 31.4 Å². The van der Waals surface area contributed by atoms with Gasteiger partial charge < -0.3 is 10.4 Å². The second kappa shape index (κ2) is 6.60. The Bertz CT molecular complexity index is 580. The van der Waals surface area contributed by atoms with Gasteiger partial charge >= 0.3 is 0 Å². The minimum absolute atomic E-state index is 0.00176. The first-order chi connectivity index (χ1) is 9.90. The van der Waals surface area contributed by atoms with Crippen LogP contribution in [0.1, 0.15) is 29.6 Å². The maximum absolute atomic E-state index is 12.1. The summed E-state index contributed by atoms with van der Waals surface area (Å²) >= 11 is 11.7. The van der Waals surface area contributed by atoms with E-state index in [1.54, 1.807) is 0 Å². The summed E-state index contributed by atoms with van der Waals surface area (Å²) in [5.41, 5.74) is -0.334. The molecule has 1 amide bonds. The molecule has 1 aliphatic rings. The van der Waals surface area contributed by atoms with Crippen molar-refractivity contribution < 1.29 is 14.8 Å². The SMILES string of the molecule is O=C(NCC1CCCC1O)c1cc([N+](=O)[O-])cc(Cl)c1Cl. The van der Waals surface area contributed by atoms with Crippen LogP contribution in [-0.2, 0) is 0 Å². The Balaban J connectivity index is 2.13. The van der Waals surface area contributed by atoms with Crippen LogP contribution in [0.3, 0.4) is 0 Å². The zero-order valence-electron chi connectivity index (χ0n) is 11.0. The lowest BCUT2D eigenvalue weighted by molar-refractivity contribution is -0.384. The van der Waals surface area contributed by atoms with Crippen LogP contribution in [0.25, 0.3) is 0 Å². The molecule has 1 saturated carbocycles. The van der Waals surface area contributed by atoms with Gasteiger partial charge in [-0.05, 0) is 12.8 Å². The van der Waals surface area contributed by atoms with Gasteiger partial charge in [-0.15, -0.1) is 0 Å². The number of carbonyl (C=O) groups excluding carboxylic acids is 1. The van der Waals surface area contributed by atoms with E-state index < -0.39 is 16.9 Å². The fourth-order valence-electron chi connectivity index (χ4n) is 2.42. The first kappa shape index (κ1) is 16.0. The van der Waals surface area contributed by atoms with E-state index in [1.807, 2.05) is 0 Å². The molecule has 1 aliphatic carbocycles. The van der Waals surface area contributed by atoms with Crippen LogP contribution in [0.4, 0.5) is 5.69 Å². The standard InChI is InChI=1S/C13H14Cl2N2O4/c14-10-5-8(17(20)21)4-9(12(10)15)13(19)16-6-7-2-1-3-11(7)18/h4-5,7,11,18H,1-3,6H2,(H,16,19). The number of nitro benzene ring substituents is 1. The number of nitrogens with zero attached hydrogens (tertiary/aromatic N) is 1. The molecule has 8 heteroatoms. The summed E-state index contributed by atoms with van der Waals surface area (Å²) in [5.74, 6) is -0.536. The Hall–Kier alpha value is -1.37. The normalized spacial score (nSPS) is 21.3. The fraction of sp³-hybridized carbons (Fsp3) is 0.462. The molecule has 0 aliphatic heterocycles. The Labute approximate surface area is 131 Å². The Morgan fingerprint density at radius 2 is 2.14 bits per heavy atom. The zero-order valence-corrected chi connectivity index (χ0v) is 12.5. The van der Waals surface area contributed by atoms with Crippen molar-refractivity contribution in [3.05, 3.63) is 37.9 Å². The van der Waals surface area contributed by atoms with Crippen molar-refractivity contribution in [1.82, 2.24) is 5.32 Å². The van der Waals surface area contributed by atoms with Crippen molar-refractivity contribution in [3.8, 4) is 0 Å². The Kier molecular flexibility index (Phi) is 5.03. The van der Waals surface area contributed by atoms with E-state index in [9.17, 15) is 20.0 Å². The van der Waals surface area contributed by atoms with Gasteiger partial charge in [-0.2, -0.15) is 0 Å². The van der Waals surface area contributed by atoms with E-state index in [-0.39, 0.29) is 27.2 Å². The Morgan fingerprint density at radius 1 is 1.43 bits per heavy atom. The van der Waals surface area contributed by atoms with Crippen LogP contribution < -0.4 is 5.32 Å². The van der Waals surface area contributed by atoms with Gasteiger partial charge in [-0.3, -0.25) is 14.9 Å². The number of aliphatic hydroxyl groups is 1. The largest absolute Gasteiger partial charge is 0.393 e. The second-order valence-electron chi connectivity index (χ2n) is 5.01. The highest BCUT2D eigenvalue weighted by Crippen LogP contribution is 2.31. The molecule has 0 bridgehead atoms. The molecule has 1 fully saturated rings. The van der Waals surface area contributed by atoms with Crippen LogP contribution >= 0.6 is 23.2 Å². The quantitative estimate of drug-likeness (QED) is 0.654. The highest BCUT2D eigenvalue weighted by Gasteiger charge is 2.26. The summed E-state index contributed by atoms with van der Waals surface area (Å²) in [4.78, 5) is 22.2. The van der Waals surface area contributed by atoms with Gasteiger partial charge in [0, 0.05) is 24.6 Å².